The number of benzene rings is 1. The van der Waals surface area contributed by atoms with E-state index in [-0.39, 0.29) is 12.4 Å². The van der Waals surface area contributed by atoms with E-state index in [1.54, 1.807) is 29.5 Å². The van der Waals surface area contributed by atoms with E-state index in [4.69, 9.17) is 24.8 Å². The number of aliphatic hydroxyl groups is 1. The lowest BCUT2D eigenvalue weighted by molar-refractivity contribution is 0.108. The van der Waals surface area contributed by atoms with Crippen LogP contribution in [0.25, 0.3) is 21.7 Å². The number of phenols is 1. The van der Waals surface area contributed by atoms with Gasteiger partial charge in [-0.2, -0.15) is 0 Å². The van der Waals surface area contributed by atoms with Crippen molar-refractivity contribution in [1.82, 2.24) is 24.8 Å². The highest BCUT2D eigenvalue weighted by Crippen LogP contribution is 2.33. The van der Waals surface area contributed by atoms with Crippen molar-refractivity contribution in [1.29, 1.82) is 0 Å². The Morgan fingerprint density at radius 2 is 1.75 bits per heavy atom. The van der Waals surface area contributed by atoms with Gasteiger partial charge in [-0.05, 0) is 12.1 Å². The van der Waals surface area contributed by atoms with Gasteiger partial charge in [-0.1, -0.05) is 12.1 Å². The van der Waals surface area contributed by atoms with E-state index in [2.05, 4.69) is 14.7 Å². The molecule has 10 heteroatoms. The third-order valence-electron chi connectivity index (χ3n) is 5.94. The number of nitrogens with zero attached hydrogens (tertiary/aromatic N) is 6. The summed E-state index contributed by atoms with van der Waals surface area (Å²) >= 11 is 1.67. The van der Waals surface area contributed by atoms with Crippen molar-refractivity contribution in [3.05, 3.63) is 29.3 Å². The molecule has 32 heavy (non-hydrogen) atoms. The van der Waals surface area contributed by atoms with Crippen LogP contribution >= 0.6 is 11.3 Å². The smallest absolute Gasteiger partial charge is 0.176 e. The molecule has 3 aromatic rings. The van der Waals surface area contributed by atoms with Crippen molar-refractivity contribution in [3.8, 4) is 17.1 Å². The van der Waals surface area contributed by atoms with Gasteiger partial charge in [0.25, 0.3) is 0 Å². The van der Waals surface area contributed by atoms with Crippen molar-refractivity contribution >= 4 is 27.5 Å². The predicted molar refractivity (Wildman–Crippen MR) is 124 cm³/mol. The first-order valence-corrected chi connectivity index (χ1v) is 11.9. The number of aliphatic hydroxyl groups excluding tert-OH is 1. The Hall–Kier alpha value is -2.37. The minimum atomic E-state index is 0.193. The van der Waals surface area contributed by atoms with Gasteiger partial charge in [-0.3, -0.25) is 9.80 Å². The summed E-state index contributed by atoms with van der Waals surface area (Å²) in [4.78, 5) is 21.5. The van der Waals surface area contributed by atoms with E-state index in [0.29, 0.717) is 24.7 Å². The lowest BCUT2D eigenvalue weighted by atomic mass is 10.2. The number of morpholine rings is 1. The number of hydrogen-bond donors (Lipinski definition) is 2. The highest BCUT2D eigenvalue weighted by atomic mass is 32.1. The van der Waals surface area contributed by atoms with Crippen LogP contribution in [0.3, 0.4) is 0 Å². The average Bonchev–Trinajstić information content (AvgIpc) is 3.23. The largest absolute Gasteiger partial charge is 0.508 e. The molecule has 0 unspecified atom stereocenters. The van der Waals surface area contributed by atoms with E-state index in [9.17, 15) is 5.11 Å². The zero-order valence-electron chi connectivity index (χ0n) is 18.0. The van der Waals surface area contributed by atoms with Crippen LogP contribution in [0.1, 0.15) is 5.01 Å². The third kappa shape index (κ3) is 4.69. The minimum Gasteiger partial charge on any atom is -0.508 e. The molecular weight excluding hydrogens is 428 g/mol. The first-order chi connectivity index (χ1) is 15.7. The lowest BCUT2D eigenvalue weighted by Crippen LogP contribution is -2.46. The Bertz CT molecular complexity index is 1060. The van der Waals surface area contributed by atoms with E-state index in [1.165, 1.54) is 0 Å². The van der Waals surface area contributed by atoms with Crippen molar-refractivity contribution < 1.29 is 14.9 Å². The quantitative estimate of drug-likeness (QED) is 0.570. The number of rotatable bonds is 6. The number of β-amino-alcohol motifs (C(OH)–C–C–N with tert-alkyl or cyclic N) is 1. The Labute approximate surface area is 190 Å². The summed E-state index contributed by atoms with van der Waals surface area (Å²) in [5.41, 5.74) is 1.48. The van der Waals surface area contributed by atoms with Gasteiger partial charge in [0.15, 0.2) is 17.3 Å². The first-order valence-electron chi connectivity index (χ1n) is 11.0. The molecule has 1 aromatic carbocycles. The van der Waals surface area contributed by atoms with Gasteiger partial charge in [0.1, 0.15) is 15.5 Å². The van der Waals surface area contributed by atoms with Crippen LogP contribution in [0.5, 0.6) is 5.75 Å². The third-order valence-corrected chi connectivity index (χ3v) is 6.96. The highest BCUT2D eigenvalue weighted by molar-refractivity contribution is 7.19. The summed E-state index contributed by atoms with van der Waals surface area (Å²) < 4.78 is 6.54. The second-order valence-electron chi connectivity index (χ2n) is 8.12. The van der Waals surface area contributed by atoms with Gasteiger partial charge in [-0.25, -0.2) is 15.0 Å². The number of hydrogen-bond acceptors (Lipinski definition) is 10. The zero-order chi connectivity index (χ0) is 21.9. The van der Waals surface area contributed by atoms with Crippen LogP contribution < -0.4 is 4.90 Å². The topological polar surface area (TPSA) is 98.1 Å². The molecule has 0 aliphatic carbocycles. The molecule has 0 amide bonds. The molecule has 2 aromatic heterocycles. The number of thiazole rings is 1. The number of anilines is 1. The van der Waals surface area contributed by atoms with Crippen LogP contribution in [-0.2, 0) is 11.3 Å². The van der Waals surface area contributed by atoms with E-state index >= 15 is 0 Å². The summed E-state index contributed by atoms with van der Waals surface area (Å²) in [7, 11) is 0. The maximum absolute atomic E-state index is 9.93. The molecule has 170 valence electrons. The molecule has 0 atom stereocenters. The van der Waals surface area contributed by atoms with Crippen LogP contribution in [0.15, 0.2) is 24.3 Å². The molecule has 4 heterocycles. The van der Waals surface area contributed by atoms with Gasteiger partial charge in [0, 0.05) is 51.4 Å². The molecule has 5 rings (SSSR count). The van der Waals surface area contributed by atoms with Crippen LogP contribution in [0.2, 0.25) is 0 Å². The fraction of sp³-hybridized carbons (Fsp3) is 0.500. The molecule has 9 nitrogen and oxygen atoms in total. The van der Waals surface area contributed by atoms with Crippen molar-refractivity contribution in [2.75, 3.05) is 70.5 Å². The number of ether oxygens (including phenoxy) is 1. The summed E-state index contributed by atoms with van der Waals surface area (Å²) in [6.45, 7) is 8.52. The number of aromatic hydroxyl groups is 1. The number of phenolic OH excluding ortho intramolecular Hbond substituents is 1. The number of piperazine rings is 1. The standard InChI is InChI=1S/C22H28N6O3S/c29-11-8-26-4-6-27(7-5-26)15-18-23-21-19(32-18)22(28-9-12-31-13-10-28)25-20(24-21)16-2-1-3-17(30)14-16/h1-3,14,29-30H,4-13,15H2. The molecule has 2 saturated heterocycles. The zero-order valence-corrected chi connectivity index (χ0v) is 18.8. The van der Waals surface area contributed by atoms with E-state index in [1.807, 2.05) is 6.07 Å². The molecular formula is C22H28N6O3S. The first kappa shape index (κ1) is 21.5. The van der Waals surface area contributed by atoms with Crippen LogP contribution in [-0.4, -0.2) is 101 Å². The maximum atomic E-state index is 9.93. The number of aromatic nitrogens is 3. The second kappa shape index (κ2) is 9.63. The number of fused-ring (bicyclic) bond motifs is 1. The second-order valence-corrected chi connectivity index (χ2v) is 9.21. The molecule has 0 saturated carbocycles. The monoisotopic (exact) mass is 456 g/mol. The SMILES string of the molecule is OCCN1CCN(Cc2nc3nc(-c4cccc(O)c4)nc(N4CCOCC4)c3s2)CC1. The van der Waals surface area contributed by atoms with Crippen molar-refractivity contribution in [2.45, 2.75) is 6.54 Å². The average molecular weight is 457 g/mol. The Kier molecular flexibility index (Phi) is 6.47. The van der Waals surface area contributed by atoms with Gasteiger partial charge in [-0.15, -0.1) is 11.3 Å². The van der Waals surface area contributed by atoms with Gasteiger partial charge >= 0.3 is 0 Å². The predicted octanol–water partition coefficient (Wildman–Crippen LogP) is 1.41. The van der Waals surface area contributed by atoms with Gasteiger partial charge in [0.2, 0.25) is 0 Å². The maximum Gasteiger partial charge on any atom is 0.176 e. The normalized spacial score (nSPS) is 18.5. The molecule has 2 fully saturated rings. The lowest BCUT2D eigenvalue weighted by Gasteiger charge is -2.33. The molecule has 0 radical (unpaired) electrons. The van der Waals surface area contributed by atoms with Crippen LogP contribution in [0.4, 0.5) is 5.82 Å². The van der Waals surface area contributed by atoms with E-state index in [0.717, 1.165) is 73.4 Å². The summed E-state index contributed by atoms with van der Waals surface area (Å²) in [5, 5.41) is 20.1. The Morgan fingerprint density at radius 1 is 0.969 bits per heavy atom. The fourth-order valence-corrected chi connectivity index (χ4v) is 5.25. The highest BCUT2D eigenvalue weighted by Gasteiger charge is 2.23. The molecule has 2 N–H and O–H groups in total. The summed E-state index contributed by atoms with van der Waals surface area (Å²) in [6, 6.07) is 7.04. The summed E-state index contributed by atoms with van der Waals surface area (Å²) in [5.74, 6) is 1.66. The summed E-state index contributed by atoms with van der Waals surface area (Å²) in [6.07, 6.45) is 0. The van der Waals surface area contributed by atoms with E-state index < -0.39 is 0 Å². The molecule has 2 aliphatic heterocycles. The van der Waals surface area contributed by atoms with Crippen molar-refractivity contribution in [3.63, 3.8) is 0 Å². The fourth-order valence-electron chi connectivity index (χ4n) is 4.19. The Morgan fingerprint density at radius 3 is 2.50 bits per heavy atom. The molecule has 0 spiro atoms. The van der Waals surface area contributed by atoms with Crippen LogP contribution in [0, 0.1) is 0 Å². The molecule has 0 bridgehead atoms. The van der Waals surface area contributed by atoms with Gasteiger partial charge < -0.3 is 19.8 Å². The Balaban J connectivity index is 1.45. The molecule has 2 aliphatic rings. The minimum absolute atomic E-state index is 0.193. The van der Waals surface area contributed by atoms with Gasteiger partial charge in [0.05, 0.1) is 26.4 Å². The van der Waals surface area contributed by atoms with Crippen molar-refractivity contribution in [2.24, 2.45) is 0 Å².